The number of ketones is 1. The van der Waals surface area contributed by atoms with Gasteiger partial charge < -0.3 is 25.4 Å². The van der Waals surface area contributed by atoms with Crippen molar-refractivity contribution in [3.8, 4) is 0 Å². The van der Waals surface area contributed by atoms with Crippen molar-refractivity contribution in [1.82, 2.24) is 16.0 Å². The fraction of sp³-hybridized carbons (Fsp3) is 0.810. The van der Waals surface area contributed by atoms with Crippen molar-refractivity contribution in [3.05, 3.63) is 0 Å². The summed E-state index contributed by atoms with van der Waals surface area (Å²) >= 11 is 0. The number of carbonyl (C=O) groups excluding carboxylic acids is 4. The summed E-state index contributed by atoms with van der Waals surface area (Å²) in [5, 5.41) is 8.31. The third-order valence-electron chi connectivity index (χ3n) is 5.35. The van der Waals surface area contributed by atoms with E-state index in [1.54, 1.807) is 0 Å². The molecule has 0 radical (unpaired) electrons. The molecule has 2 fully saturated rings. The molecule has 0 aromatic heterocycles. The van der Waals surface area contributed by atoms with Gasteiger partial charge in [-0.1, -0.05) is 20.8 Å². The Morgan fingerprint density at radius 1 is 1.20 bits per heavy atom. The Morgan fingerprint density at radius 3 is 2.47 bits per heavy atom. The highest BCUT2D eigenvalue weighted by Crippen LogP contribution is 2.22. The summed E-state index contributed by atoms with van der Waals surface area (Å²) in [6, 6.07) is -1.66. The molecule has 2 aliphatic rings. The Labute approximate surface area is 178 Å². The van der Waals surface area contributed by atoms with Gasteiger partial charge in [-0.05, 0) is 37.5 Å². The highest BCUT2D eigenvalue weighted by molar-refractivity contribution is 5.94. The number of rotatable bonds is 10. The summed E-state index contributed by atoms with van der Waals surface area (Å²) < 4.78 is 10.4. The van der Waals surface area contributed by atoms with Crippen LogP contribution in [0.25, 0.3) is 0 Å². The fourth-order valence-corrected chi connectivity index (χ4v) is 3.81. The first kappa shape index (κ1) is 24.3. The Bertz CT molecular complexity index is 639. The number of carbonyl (C=O) groups is 4. The molecule has 30 heavy (non-hydrogen) atoms. The Hall–Kier alpha value is -2.00. The average Bonchev–Trinajstić information content (AvgIpc) is 3.32. The lowest BCUT2D eigenvalue weighted by Gasteiger charge is -2.29. The van der Waals surface area contributed by atoms with E-state index in [-0.39, 0.29) is 42.0 Å². The zero-order chi connectivity index (χ0) is 22.3. The minimum atomic E-state index is -0.853. The largest absolute Gasteiger partial charge is 0.377 e. The second-order valence-corrected chi connectivity index (χ2v) is 9.30. The van der Waals surface area contributed by atoms with Crippen LogP contribution in [0.5, 0.6) is 0 Å². The molecule has 2 aliphatic heterocycles. The van der Waals surface area contributed by atoms with Gasteiger partial charge in [0.2, 0.25) is 17.7 Å². The van der Waals surface area contributed by atoms with Gasteiger partial charge in [-0.25, -0.2) is 0 Å². The molecule has 0 spiro atoms. The van der Waals surface area contributed by atoms with Crippen LogP contribution < -0.4 is 16.0 Å². The number of hydrogen-bond acceptors (Lipinski definition) is 6. The van der Waals surface area contributed by atoms with Gasteiger partial charge in [-0.3, -0.25) is 19.2 Å². The molecule has 0 aromatic rings. The molecule has 4 atom stereocenters. The van der Waals surface area contributed by atoms with E-state index in [1.807, 2.05) is 20.8 Å². The third kappa shape index (κ3) is 7.36. The molecule has 0 aromatic carbocycles. The summed E-state index contributed by atoms with van der Waals surface area (Å²) in [6.45, 7) is 6.86. The molecule has 0 bridgehead atoms. The van der Waals surface area contributed by atoms with Crippen LogP contribution in [0.2, 0.25) is 0 Å². The lowest BCUT2D eigenvalue weighted by molar-refractivity contribution is -0.136. The molecule has 170 valence electrons. The lowest BCUT2D eigenvalue weighted by Crippen LogP contribution is -2.55. The number of ether oxygens (including phenoxy) is 2. The quantitative estimate of drug-likeness (QED) is 0.463. The van der Waals surface area contributed by atoms with Crippen molar-refractivity contribution < 1.29 is 28.7 Å². The van der Waals surface area contributed by atoms with Gasteiger partial charge in [0.1, 0.15) is 18.8 Å². The van der Waals surface area contributed by atoms with E-state index < -0.39 is 24.1 Å². The molecule has 9 heteroatoms. The molecule has 3 N–H and O–H groups in total. The number of amides is 3. The smallest absolute Gasteiger partial charge is 0.249 e. The monoisotopic (exact) mass is 425 g/mol. The van der Waals surface area contributed by atoms with E-state index in [2.05, 4.69) is 16.0 Å². The maximum absolute atomic E-state index is 13.1. The maximum atomic E-state index is 13.1. The number of Topliss-reactive ketones (excluding diaryl/α,β-unsaturated/α-hetero) is 1. The zero-order valence-electron chi connectivity index (χ0n) is 18.4. The summed E-state index contributed by atoms with van der Waals surface area (Å²) in [4.78, 5) is 50.1. The average molecular weight is 426 g/mol. The summed E-state index contributed by atoms with van der Waals surface area (Å²) in [5.74, 6) is -1.50. The number of nitrogens with one attached hydrogen (secondary N) is 3. The van der Waals surface area contributed by atoms with Crippen LogP contribution in [0.1, 0.15) is 52.9 Å². The predicted octanol–water partition coefficient (Wildman–Crippen LogP) is 0.313. The van der Waals surface area contributed by atoms with Gasteiger partial charge in [0.15, 0.2) is 5.78 Å². The second kappa shape index (κ2) is 10.9. The molecule has 9 nitrogen and oxygen atoms in total. The van der Waals surface area contributed by atoms with E-state index in [1.165, 1.54) is 7.11 Å². The zero-order valence-corrected chi connectivity index (χ0v) is 18.4. The van der Waals surface area contributed by atoms with E-state index in [9.17, 15) is 19.2 Å². The first-order chi connectivity index (χ1) is 14.1. The van der Waals surface area contributed by atoms with Gasteiger partial charge in [0.05, 0.1) is 6.04 Å². The first-order valence-electron chi connectivity index (χ1n) is 10.6. The van der Waals surface area contributed by atoms with Gasteiger partial charge in [0, 0.05) is 26.2 Å². The highest BCUT2D eigenvalue weighted by atomic mass is 16.5. The normalized spacial score (nSPS) is 23.5. The molecular formula is C21H35N3O6. The Balaban J connectivity index is 2.09. The van der Waals surface area contributed by atoms with Crippen molar-refractivity contribution in [2.45, 2.75) is 71.1 Å². The van der Waals surface area contributed by atoms with Crippen molar-refractivity contribution in [2.24, 2.45) is 11.3 Å². The van der Waals surface area contributed by atoms with Crippen LogP contribution in [0, 0.1) is 11.3 Å². The molecular weight excluding hydrogens is 390 g/mol. The van der Waals surface area contributed by atoms with Crippen molar-refractivity contribution in [1.29, 1.82) is 0 Å². The minimum absolute atomic E-state index is 0.114. The Morgan fingerprint density at radius 2 is 1.93 bits per heavy atom. The minimum Gasteiger partial charge on any atom is -0.377 e. The van der Waals surface area contributed by atoms with Gasteiger partial charge in [-0.15, -0.1) is 0 Å². The standard InChI is InChI=1S/C21H35N3O6/c1-21(2,3)11-15(24-20(28)17-6-5-9-30-17)19(27)23-14(16(25)12-29-4)10-13-7-8-22-18(13)26/h13-15,17H,5-12H2,1-4H3,(H,22,26)(H,23,27)(H,24,28)/t13-,14-,15-,17+/m0/s1. The molecule has 2 saturated heterocycles. The summed E-state index contributed by atoms with van der Waals surface area (Å²) in [7, 11) is 1.41. The molecule has 0 saturated carbocycles. The van der Waals surface area contributed by atoms with E-state index in [4.69, 9.17) is 9.47 Å². The second-order valence-electron chi connectivity index (χ2n) is 9.30. The van der Waals surface area contributed by atoms with E-state index in [0.717, 1.165) is 6.42 Å². The highest BCUT2D eigenvalue weighted by Gasteiger charge is 2.35. The first-order valence-corrected chi connectivity index (χ1v) is 10.6. The van der Waals surface area contributed by atoms with Crippen LogP contribution in [0.15, 0.2) is 0 Å². The Kier molecular flexibility index (Phi) is 8.78. The topological polar surface area (TPSA) is 123 Å². The molecule has 2 heterocycles. The van der Waals surface area contributed by atoms with Crippen LogP contribution >= 0.6 is 0 Å². The molecule has 2 rings (SSSR count). The van der Waals surface area contributed by atoms with Crippen LogP contribution in [-0.2, 0) is 28.7 Å². The van der Waals surface area contributed by atoms with Gasteiger partial charge in [0.25, 0.3) is 0 Å². The fourth-order valence-electron chi connectivity index (χ4n) is 3.81. The summed E-state index contributed by atoms with van der Waals surface area (Å²) in [6.07, 6.45) is 2.11. The SMILES string of the molecule is COCC(=O)[C@H](C[C@@H]1CCNC1=O)NC(=O)[C@H](CC(C)(C)C)NC(=O)[C@H]1CCCO1. The number of methoxy groups -OCH3 is 1. The third-order valence-corrected chi connectivity index (χ3v) is 5.35. The number of hydrogen-bond donors (Lipinski definition) is 3. The molecule has 0 unspecified atom stereocenters. The van der Waals surface area contributed by atoms with Gasteiger partial charge >= 0.3 is 0 Å². The maximum Gasteiger partial charge on any atom is 0.249 e. The van der Waals surface area contributed by atoms with Crippen molar-refractivity contribution in [3.63, 3.8) is 0 Å². The van der Waals surface area contributed by atoms with Crippen LogP contribution in [0.3, 0.4) is 0 Å². The van der Waals surface area contributed by atoms with E-state index >= 15 is 0 Å². The van der Waals surface area contributed by atoms with E-state index in [0.29, 0.717) is 32.4 Å². The van der Waals surface area contributed by atoms with Crippen molar-refractivity contribution in [2.75, 3.05) is 26.9 Å². The van der Waals surface area contributed by atoms with Gasteiger partial charge in [-0.2, -0.15) is 0 Å². The molecule has 0 aliphatic carbocycles. The van der Waals surface area contributed by atoms with Crippen LogP contribution in [-0.4, -0.2) is 68.6 Å². The summed E-state index contributed by atoms with van der Waals surface area (Å²) in [5.41, 5.74) is -0.233. The van der Waals surface area contributed by atoms with Crippen molar-refractivity contribution >= 4 is 23.5 Å². The lowest BCUT2D eigenvalue weighted by atomic mass is 9.87. The predicted molar refractivity (Wildman–Crippen MR) is 110 cm³/mol. The van der Waals surface area contributed by atoms with Crippen LogP contribution in [0.4, 0.5) is 0 Å². The molecule has 3 amide bonds.